The lowest BCUT2D eigenvalue weighted by Crippen LogP contribution is -2.35. The van der Waals surface area contributed by atoms with Crippen molar-refractivity contribution in [3.8, 4) is 22.9 Å². The van der Waals surface area contributed by atoms with Crippen LogP contribution in [0.5, 0.6) is 5.75 Å². The second kappa shape index (κ2) is 9.11. The van der Waals surface area contributed by atoms with E-state index in [9.17, 15) is 10.1 Å². The number of hydrogen-bond acceptors (Lipinski definition) is 7. The van der Waals surface area contributed by atoms with Crippen molar-refractivity contribution in [2.75, 3.05) is 32.1 Å². The molecule has 3 N–H and O–H groups in total. The maximum atomic E-state index is 12.2. The molecule has 1 saturated heterocycles. The first-order valence-corrected chi connectivity index (χ1v) is 10.1. The van der Waals surface area contributed by atoms with Crippen LogP contribution in [0.25, 0.3) is 11.1 Å². The number of nitrogens with two attached hydrogens (primary N) is 1. The summed E-state index contributed by atoms with van der Waals surface area (Å²) in [6.07, 6.45) is 2.69. The van der Waals surface area contributed by atoms with Crippen LogP contribution in [0.1, 0.15) is 29.7 Å². The highest BCUT2D eigenvalue weighted by Gasteiger charge is 2.24. The molecule has 0 spiro atoms. The number of nitrogens with one attached hydrogen (secondary N) is 1. The summed E-state index contributed by atoms with van der Waals surface area (Å²) in [5, 5.41) is 12.6. The minimum atomic E-state index is -0.222. The number of nitrogens with zero attached hydrogens (tertiary/aromatic N) is 2. The van der Waals surface area contributed by atoms with Gasteiger partial charge in [-0.15, -0.1) is 0 Å². The average Bonchev–Trinajstić information content (AvgIpc) is 3.29. The van der Waals surface area contributed by atoms with Crippen molar-refractivity contribution in [3.05, 3.63) is 41.1 Å². The fourth-order valence-electron chi connectivity index (χ4n) is 3.83. The van der Waals surface area contributed by atoms with Gasteiger partial charge >= 0.3 is 0 Å². The molecule has 1 aromatic carbocycles. The molecule has 1 amide bonds. The fourth-order valence-corrected chi connectivity index (χ4v) is 3.83. The Morgan fingerprint density at radius 2 is 2.23 bits per heavy atom. The first kappa shape index (κ1) is 20.1. The highest BCUT2D eigenvalue weighted by Crippen LogP contribution is 2.39. The van der Waals surface area contributed by atoms with E-state index in [-0.39, 0.29) is 30.0 Å². The van der Waals surface area contributed by atoms with Gasteiger partial charge in [0.05, 0.1) is 25.0 Å². The monoisotopic (exact) mass is 408 g/mol. The largest absolute Gasteiger partial charge is 0.483 e. The van der Waals surface area contributed by atoms with Crippen molar-refractivity contribution in [2.45, 2.75) is 32.0 Å². The van der Waals surface area contributed by atoms with Crippen molar-refractivity contribution in [1.29, 1.82) is 5.26 Å². The summed E-state index contributed by atoms with van der Waals surface area (Å²) in [5.74, 6) is 0.470. The van der Waals surface area contributed by atoms with Gasteiger partial charge in [0.1, 0.15) is 23.2 Å². The summed E-state index contributed by atoms with van der Waals surface area (Å²) in [6.45, 7) is 2.00. The average molecular weight is 408 g/mol. The summed E-state index contributed by atoms with van der Waals surface area (Å²) in [6, 6.07) is 9.47. The number of amides is 1. The number of fused-ring (bicyclic) bond motifs is 1. The molecule has 1 unspecified atom stereocenters. The number of carbonyl (C=O) groups excluding carboxylic acids is 1. The number of nitriles is 1. The summed E-state index contributed by atoms with van der Waals surface area (Å²) < 4.78 is 17.0. The minimum Gasteiger partial charge on any atom is -0.483 e. The van der Waals surface area contributed by atoms with Crippen molar-refractivity contribution in [2.24, 2.45) is 0 Å². The molecule has 2 aliphatic heterocycles. The summed E-state index contributed by atoms with van der Waals surface area (Å²) in [5.41, 5.74) is 9.39. The number of ether oxygens (including phenoxy) is 3. The van der Waals surface area contributed by atoms with Gasteiger partial charge in [0, 0.05) is 36.3 Å². The fraction of sp³-hybridized carbons (Fsp3) is 0.409. The molecule has 8 heteroatoms. The summed E-state index contributed by atoms with van der Waals surface area (Å²) in [7, 11) is 0. The zero-order chi connectivity index (χ0) is 20.9. The van der Waals surface area contributed by atoms with Gasteiger partial charge in [0.15, 0.2) is 6.61 Å². The first-order chi connectivity index (χ1) is 14.7. The maximum absolute atomic E-state index is 12.2. The molecule has 4 rings (SSSR count). The van der Waals surface area contributed by atoms with Crippen LogP contribution in [-0.4, -0.2) is 43.4 Å². The number of carbonyl (C=O) groups is 1. The van der Waals surface area contributed by atoms with Gasteiger partial charge in [-0.05, 0) is 18.9 Å². The second-order valence-electron chi connectivity index (χ2n) is 7.31. The molecule has 0 saturated carbocycles. The quantitative estimate of drug-likeness (QED) is 0.750. The lowest BCUT2D eigenvalue weighted by atomic mass is 9.92. The Bertz CT molecular complexity index is 980. The lowest BCUT2D eigenvalue weighted by Gasteiger charge is -2.22. The normalized spacial score (nSPS) is 17.8. The SMILES string of the molecule is N#Cc1c(N)nc2c(c1-c1ccccc1OCC(=O)NCC1CCCO1)COCC2. The molecule has 0 radical (unpaired) electrons. The Kier molecular flexibility index (Phi) is 6.12. The molecule has 1 atom stereocenters. The van der Waals surface area contributed by atoms with Crippen LogP contribution in [0.15, 0.2) is 24.3 Å². The van der Waals surface area contributed by atoms with Crippen molar-refractivity contribution in [3.63, 3.8) is 0 Å². The van der Waals surface area contributed by atoms with Gasteiger partial charge in [0.2, 0.25) is 0 Å². The van der Waals surface area contributed by atoms with E-state index in [0.717, 1.165) is 30.7 Å². The third-order valence-corrected chi connectivity index (χ3v) is 5.32. The van der Waals surface area contributed by atoms with Crippen molar-refractivity contribution >= 4 is 11.7 Å². The Hall–Kier alpha value is -3.15. The standard InChI is InChI=1S/C22H24N4O4/c23-10-16-21(17-12-28-9-7-18(17)26-22(16)24)15-5-1-2-6-19(15)30-13-20(27)25-11-14-4-3-8-29-14/h1-2,5-6,14H,3-4,7-9,11-13H2,(H2,24,26)(H,25,27). The number of benzene rings is 1. The van der Waals surface area contributed by atoms with Crippen molar-refractivity contribution in [1.82, 2.24) is 10.3 Å². The van der Waals surface area contributed by atoms with Crippen LogP contribution in [0, 0.1) is 11.3 Å². The Balaban J connectivity index is 1.57. The molecule has 2 aromatic rings. The van der Waals surface area contributed by atoms with Gasteiger partial charge in [0.25, 0.3) is 5.91 Å². The van der Waals surface area contributed by atoms with Crippen molar-refractivity contribution < 1.29 is 19.0 Å². The molecule has 1 fully saturated rings. The van der Waals surface area contributed by atoms with Gasteiger partial charge in [-0.25, -0.2) is 4.98 Å². The van der Waals surface area contributed by atoms with E-state index < -0.39 is 0 Å². The van der Waals surface area contributed by atoms with Gasteiger partial charge in [-0.2, -0.15) is 5.26 Å². The Morgan fingerprint density at radius 1 is 1.37 bits per heavy atom. The molecule has 8 nitrogen and oxygen atoms in total. The van der Waals surface area contributed by atoms with Gasteiger partial charge in [-0.1, -0.05) is 18.2 Å². The smallest absolute Gasteiger partial charge is 0.258 e. The number of nitrogen functional groups attached to an aromatic ring is 1. The number of rotatable bonds is 6. The van der Waals surface area contributed by atoms with Crippen LogP contribution in [0.3, 0.4) is 0 Å². The predicted octanol–water partition coefficient (Wildman–Crippen LogP) is 1.95. The van der Waals surface area contributed by atoms with E-state index in [1.165, 1.54) is 0 Å². The molecular weight excluding hydrogens is 384 g/mol. The van der Waals surface area contributed by atoms with Gasteiger partial charge in [-0.3, -0.25) is 4.79 Å². The van der Waals surface area contributed by atoms with E-state index in [0.29, 0.717) is 43.1 Å². The van der Waals surface area contributed by atoms with Crippen LogP contribution in [-0.2, 0) is 27.3 Å². The van der Waals surface area contributed by atoms with E-state index in [1.54, 1.807) is 6.07 Å². The predicted molar refractivity (Wildman–Crippen MR) is 110 cm³/mol. The van der Waals surface area contributed by atoms with E-state index in [2.05, 4.69) is 16.4 Å². The van der Waals surface area contributed by atoms with Crippen LogP contribution in [0.4, 0.5) is 5.82 Å². The highest BCUT2D eigenvalue weighted by molar-refractivity contribution is 5.83. The third-order valence-electron chi connectivity index (χ3n) is 5.32. The number of anilines is 1. The lowest BCUT2D eigenvalue weighted by molar-refractivity contribution is -0.123. The zero-order valence-electron chi connectivity index (χ0n) is 16.6. The molecule has 3 heterocycles. The molecule has 156 valence electrons. The first-order valence-electron chi connectivity index (χ1n) is 10.1. The van der Waals surface area contributed by atoms with E-state index in [1.807, 2.05) is 18.2 Å². The van der Waals surface area contributed by atoms with Gasteiger partial charge < -0.3 is 25.3 Å². The topological polar surface area (TPSA) is 119 Å². The Labute approximate surface area is 174 Å². The Morgan fingerprint density at radius 3 is 3.03 bits per heavy atom. The third kappa shape index (κ3) is 4.22. The molecule has 0 aliphatic carbocycles. The second-order valence-corrected chi connectivity index (χ2v) is 7.31. The number of pyridine rings is 1. The van der Waals surface area contributed by atoms with Crippen LogP contribution in [0.2, 0.25) is 0 Å². The number of hydrogen-bond donors (Lipinski definition) is 2. The van der Waals surface area contributed by atoms with E-state index >= 15 is 0 Å². The summed E-state index contributed by atoms with van der Waals surface area (Å²) >= 11 is 0. The molecular formula is C22H24N4O4. The molecule has 0 bridgehead atoms. The molecule has 1 aromatic heterocycles. The van der Waals surface area contributed by atoms with Crippen LogP contribution < -0.4 is 15.8 Å². The van der Waals surface area contributed by atoms with E-state index in [4.69, 9.17) is 19.9 Å². The number of aromatic nitrogens is 1. The maximum Gasteiger partial charge on any atom is 0.258 e. The molecule has 2 aliphatic rings. The minimum absolute atomic E-state index is 0.0748. The van der Waals surface area contributed by atoms with Crippen LogP contribution >= 0.6 is 0 Å². The number of para-hydroxylation sites is 1. The highest BCUT2D eigenvalue weighted by atomic mass is 16.5. The zero-order valence-corrected chi connectivity index (χ0v) is 16.6. The molecule has 30 heavy (non-hydrogen) atoms. The summed E-state index contributed by atoms with van der Waals surface area (Å²) in [4.78, 5) is 16.6.